The second-order valence-corrected chi connectivity index (χ2v) is 2.77. The number of terminal acetylenes is 1. The highest BCUT2D eigenvalue weighted by molar-refractivity contribution is 5.71. The van der Waals surface area contributed by atoms with Crippen LogP contribution in [0, 0.1) is 12.3 Å². The van der Waals surface area contributed by atoms with Gasteiger partial charge in [0, 0.05) is 5.56 Å². The molecule has 0 bridgehead atoms. The average Bonchev–Trinajstić information content (AvgIpc) is 2.27. The highest BCUT2D eigenvalue weighted by Gasteiger charge is 2.02. The van der Waals surface area contributed by atoms with Crippen molar-refractivity contribution < 1.29 is 14.3 Å². The van der Waals surface area contributed by atoms with E-state index in [4.69, 9.17) is 15.9 Å². The van der Waals surface area contributed by atoms with Crippen LogP contribution in [0.4, 0.5) is 0 Å². The molecule has 1 rings (SSSR count). The third-order valence-electron chi connectivity index (χ3n) is 1.66. The van der Waals surface area contributed by atoms with Gasteiger partial charge in [-0.1, -0.05) is 12.0 Å². The molecule has 1 aromatic rings. The molecule has 0 saturated heterocycles. The lowest BCUT2D eigenvalue weighted by Crippen LogP contribution is -2.14. The first-order valence-corrected chi connectivity index (χ1v) is 4.61. The molecule has 3 heteroatoms. The summed E-state index contributed by atoms with van der Waals surface area (Å²) >= 11 is 0. The molecule has 0 spiro atoms. The minimum atomic E-state index is -0.386. The number of ether oxygens (including phenoxy) is 2. The van der Waals surface area contributed by atoms with Gasteiger partial charge in [-0.15, -0.1) is 6.42 Å². The van der Waals surface area contributed by atoms with Crippen LogP contribution in [-0.4, -0.2) is 19.2 Å². The van der Waals surface area contributed by atoms with Crippen LogP contribution in [0.3, 0.4) is 0 Å². The van der Waals surface area contributed by atoms with E-state index in [1.807, 2.05) is 0 Å². The Hall–Kier alpha value is -1.95. The van der Waals surface area contributed by atoms with Crippen molar-refractivity contribution in [2.75, 3.05) is 13.2 Å². The van der Waals surface area contributed by atoms with E-state index < -0.39 is 0 Å². The van der Waals surface area contributed by atoms with Crippen molar-refractivity contribution in [3.63, 3.8) is 0 Å². The lowest BCUT2D eigenvalue weighted by atomic mass is 10.2. The molecule has 15 heavy (non-hydrogen) atoms. The Kier molecular flexibility index (Phi) is 4.24. The molecule has 0 atom stereocenters. The Labute approximate surface area is 89.0 Å². The van der Waals surface area contributed by atoms with E-state index in [2.05, 4.69) is 5.92 Å². The summed E-state index contributed by atoms with van der Waals surface area (Å²) in [6.07, 6.45) is 5.23. The van der Waals surface area contributed by atoms with E-state index in [-0.39, 0.29) is 12.6 Å². The zero-order chi connectivity index (χ0) is 11.1. The predicted molar refractivity (Wildman–Crippen MR) is 56.5 cm³/mol. The lowest BCUT2D eigenvalue weighted by Gasteiger charge is -2.05. The molecule has 1 aromatic carbocycles. The fourth-order valence-corrected chi connectivity index (χ4v) is 1.02. The van der Waals surface area contributed by atoms with Gasteiger partial charge in [0.2, 0.25) is 0 Å². The Bertz CT molecular complexity index is 377. The molecular weight excluding hydrogens is 192 g/mol. The molecule has 0 saturated carbocycles. The summed E-state index contributed by atoms with van der Waals surface area (Å²) in [5.74, 6) is 2.67. The minimum absolute atomic E-state index is 0.0954. The van der Waals surface area contributed by atoms with Crippen molar-refractivity contribution in [3.05, 3.63) is 29.8 Å². The Morgan fingerprint density at radius 1 is 1.53 bits per heavy atom. The van der Waals surface area contributed by atoms with Crippen LogP contribution >= 0.6 is 0 Å². The first kappa shape index (κ1) is 11.1. The summed E-state index contributed by atoms with van der Waals surface area (Å²) in [6.45, 7) is 2.01. The number of rotatable bonds is 4. The predicted octanol–water partition coefficient (Wildman–Crippen LogP) is 1.61. The SMILES string of the molecule is C#Cc1cccc(OCC(=O)OCC)c1. The zero-order valence-corrected chi connectivity index (χ0v) is 8.53. The molecule has 0 fully saturated rings. The van der Waals surface area contributed by atoms with Gasteiger partial charge < -0.3 is 9.47 Å². The molecular formula is C12H12O3. The summed E-state index contributed by atoms with van der Waals surface area (Å²) in [7, 11) is 0. The van der Waals surface area contributed by atoms with Crippen LogP contribution in [0.1, 0.15) is 12.5 Å². The molecule has 78 valence electrons. The van der Waals surface area contributed by atoms with Crippen LogP contribution in [0.2, 0.25) is 0 Å². The molecule has 3 nitrogen and oxygen atoms in total. The number of hydrogen-bond donors (Lipinski definition) is 0. The van der Waals surface area contributed by atoms with Crippen LogP contribution in [0.5, 0.6) is 5.75 Å². The van der Waals surface area contributed by atoms with E-state index in [9.17, 15) is 4.79 Å². The summed E-state index contributed by atoms with van der Waals surface area (Å²) in [4.78, 5) is 11.0. The second kappa shape index (κ2) is 5.71. The molecule has 0 heterocycles. The molecule has 0 aliphatic carbocycles. The van der Waals surface area contributed by atoms with Gasteiger partial charge in [-0.05, 0) is 25.1 Å². The van der Waals surface area contributed by atoms with Crippen molar-refractivity contribution in [2.24, 2.45) is 0 Å². The fourth-order valence-electron chi connectivity index (χ4n) is 1.02. The van der Waals surface area contributed by atoms with Gasteiger partial charge in [0.05, 0.1) is 6.61 Å². The largest absolute Gasteiger partial charge is 0.482 e. The first-order valence-electron chi connectivity index (χ1n) is 4.61. The standard InChI is InChI=1S/C12H12O3/c1-3-10-6-5-7-11(8-10)15-9-12(13)14-4-2/h1,5-8H,4,9H2,2H3. The number of hydrogen-bond acceptors (Lipinski definition) is 3. The van der Waals surface area contributed by atoms with Gasteiger partial charge in [0.15, 0.2) is 6.61 Å². The number of benzene rings is 1. The highest BCUT2D eigenvalue weighted by Crippen LogP contribution is 2.12. The smallest absolute Gasteiger partial charge is 0.344 e. The van der Waals surface area contributed by atoms with Gasteiger partial charge in [0.1, 0.15) is 5.75 Å². The molecule has 0 N–H and O–H groups in total. The van der Waals surface area contributed by atoms with E-state index in [1.165, 1.54) is 0 Å². The fraction of sp³-hybridized carbons (Fsp3) is 0.250. The van der Waals surface area contributed by atoms with Crippen molar-refractivity contribution >= 4 is 5.97 Å². The summed E-state index contributed by atoms with van der Waals surface area (Å²) in [6, 6.07) is 6.99. The van der Waals surface area contributed by atoms with E-state index in [0.29, 0.717) is 12.4 Å². The van der Waals surface area contributed by atoms with Crippen LogP contribution in [0.25, 0.3) is 0 Å². The topological polar surface area (TPSA) is 35.5 Å². The van der Waals surface area contributed by atoms with Crippen LogP contribution in [0.15, 0.2) is 24.3 Å². The van der Waals surface area contributed by atoms with Crippen LogP contribution < -0.4 is 4.74 Å². The maximum atomic E-state index is 11.0. The van der Waals surface area contributed by atoms with Gasteiger partial charge in [-0.3, -0.25) is 0 Å². The number of carbonyl (C=O) groups is 1. The first-order chi connectivity index (χ1) is 7.26. The summed E-state index contributed by atoms with van der Waals surface area (Å²) < 4.78 is 9.91. The Balaban J connectivity index is 2.51. The van der Waals surface area contributed by atoms with Crippen molar-refractivity contribution in [1.29, 1.82) is 0 Å². The molecule has 0 aromatic heterocycles. The minimum Gasteiger partial charge on any atom is -0.482 e. The lowest BCUT2D eigenvalue weighted by molar-refractivity contribution is -0.145. The molecule has 0 amide bonds. The van der Waals surface area contributed by atoms with E-state index in [1.54, 1.807) is 31.2 Å². The molecule has 0 aliphatic rings. The second-order valence-electron chi connectivity index (χ2n) is 2.77. The maximum absolute atomic E-state index is 11.0. The van der Waals surface area contributed by atoms with Gasteiger partial charge in [-0.2, -0.15) is 0 Å². The average molecular weight is 204 g/mol. The van der Waals surface area contributed by atoms with E-state index in [0.717, 1.165) is 5.56 Å². The van der Waals surface area contributed by atoms with Crippen LogP contribution in [-0.2, 0) is 9.53 Å². The Morgan fingerprint density at radius 2 is 2.33 bits per heavy atom. The quantitative estimate of drug-likeness (QED) is 0.552. The van der Waals surface area contributed by atoms with E-state index >= 15 is 0 Å². The maximum Gasteiger partial charge on any atom is 0.344 e. The Morgan fingerprint density at radius 3 is 3.00 bits per heavy atom. The monoisotopic (exact) mass is 204 g/mol. The van der Waals surface area contributed by atoms with Gasteiger partial charge in [-0.25, -0.2) is 4.79 Å². The normalized spacial score (nSPS) is 9.07. The zero-order valence-electron chi connectivity index (χ0n) is 8.53. The number of carbonyl (C=O) groups excluding carboxylic acids is 1. The molecule has 0 radical (unpaired) electrons. The molecule has 0 unspecified atom stereocenters. The summed E-state index contributed by atoms with van der Waals surface area (Å²) in [5, 5.41) is 0. The third kappa shape index (κ3) is 3.74. The van der Waals surface area contributed by atoms with Crippen molar-refractivity contribution in [2.45, 2.75) is 6.92 Å². The van der Waals surface area contributed by atoms with Gasteiger partial charge >= 0.3 is 5.97 Å². The van der Waals surface area contributed by atoms with Crippen molar-refractivity contribution in [3.8, 4) is 18.1 Å². The van der Waals surface area contributed by atoms with Gasteiger partial charge in [0.25, 0.3) is 0 Å². The third-order valence-corrected chi connectivity index (χ3v) is 1.66. The molecule has 0 aliphatic heterocycles. The van der Waals surface area contributed by atoms with Crippen molar-refractivity contribution in [1.82, 2.24) is 0 Å². The summed E-state index contributed by atoms with van der Waals surface area (Å²) in [5.41, 5.74) is 0.719. The highest BCUT2D eigenvalue weighted by atomic mass is 16.6. The number of esters is 1.